The van der Waals surface area contributed by atoms with Crippen LogP contribution in [0.15, 0.2) is 36.4 Å². The number of amides is 3. The summed E-state index contributed by atoms with van der Waals surface area (Å²) in [6, 6.07) is 3.86. The second kappa shape index (κ2) is 10.8. The summed E-state index contributed by atoms with van der Waals surface area (Å²) in [4.78, 5) is 29.5. The molecule has 1 saturated heterocycles. The van der Waals surface area contributed by atoms with Crippen LogP contribution in [0, 0.1) is 12.7 Å². The van der Waals surface area contributed by atoms with Crippen molar-refractivity contribution >= 4 is 11.9 Å². The minimum atomic E-state index is -5.01. The number of carbonyl (C=O) groups is 2. The fourth-order valence-corrected chi connectivity index (χ4v) is 4.76. The van der Waals surface area contributed by atoms with E-state index in [-0.39, 0.29) is 30.1 Å². The van der Waals surface area contributed by atoms with Crippen LogP contribution >= 0.6 is 0 Å². The van der Waals surface area contributed by atoms with E-state index < -0.39 is 47.9 Å². The van der Waals surface area contributed by atoms with Gasteiger partial charge in [-0.3, -0.25) is 4.79 Å². The molecule has 0 N–H and O–H groups in total. The van der Waals surface area contributed by atoms with Gasteiger partial charge in [0, 0.05) is 40.2 Å². The van der Waals surface area contributed by atoms with Crippen molar-refractivity contribution in [3.8, 4) is 0 Å². The lowest BCUT2D eigenvalue weighted by Gasteiger charge is -2.44. The number of hydrogen-bond acceptors (Lipinski definition) is 2. The van der Waals surface area contributed by atoms with E-state index >= 15 is 0 Å². The number of benzene rings is 2. The normalized spacial score (nSPS) is 18.3. The predicted molar refractivity (Wildman–Crippen MR) is 125 cm³/mol. The molecule has 0 bridgehead atoms. The second-order valence-corrected chi connectivity index (χ2v) is 9.57. The molecule has 0 radical (unpaired) electrons. The predicted octanol–water partition coefficient (Wildman–Crippen LogP) is 6.41. The Bertz CT molecular complexity index is 1160. The number of urea groups is 1. The number of rotatable bonds is 4. The van der Waals surface area contributed by atoms with Crippen LogP contribution < -0.4 is 0 Å². The zero-order chi connectivity index (χ0) is 28.6. The molecular weight excluding hydrogens is 519 g/mol. The number of halogens is 7. The molecule has 0 unspecified atom stereocenters. The van der Waals surface area contributed by atoms with Crippen LogP contribution in [0.4, 0.5) is 35.5 Å². The molecule has 2 atom stereocenters. The molecule has 1 heterocycles. The van der Waals surface area contributed by atoms with E-state index in [1.165, 1.54) is 37.1 Å². The lowest BCUT2D eigenvalue weighted by Crippen LogP contribution is -2.51. The molecule has 1 aliphatic heterocycles. The van der Waals surface area contributed by atoms with Crippen molar-refractivity contribution in [1.82, 2.24) is 14.7 Å². The zero-order valence-electron chi connectivity index (χ0n) is 21.3. The number of nitrogens with zero attached hydrogens (tertiary/aromatic N) is 3. The summed E-state index contributed by atoms with van der Waals surface area (Å²) in [6.45, 7) is 2.75. The maximum atomic E-state index is 13.8. The molecule has 208 valence electrons. The van der Waals surface area contributed by atoms with Gasteiger partial charge >= 0.3 is 18.4 Å². The van der Waals surface area contributed by atoms with Crippen LogP contribution in [0.25, 0.3) is 0 Å². The molecule has 0 spiro atoms. The number of likely N-dealkylation sites (tertiary alicyclic amines) is 1. The zero-order valence-corrected chi connectivity index (χ0v) is 21.3. The highest BCUT2D eigenvalue weighted by molar-refractivity contribution is 5.75. The van der Waals surface area contributed by atoms with E-state index in [0.29, 0.717) is 36.1 Å². The Balaban J connectivity index is 1.93. The van der Waals surface area contributed by atoms with Gasteiger partial charge in [0.15, 0.2) is 0 Å². The first-order chi connectivity index (χ1) is 17.5. The Hall–Kier alpha value is -3.31. The third kappa shape index (κ3) is 6.57. The topological polar surface area (TPSA) is 43.9 Å². The van der Waals surface area contributed by atoms with Crippen LogP contribution in [0.3, 0.4) is 0 Å². The Morgan fingerprint density at radius 3 is 2.05 bits per heavy atom. The summed E-state index contributed by atoms with van der Waals surface area (Å²) in [5.41, 5.74) is -2.06. The lowest BCUT2D eigenvalue weighted by molar-refractivity contribution is -0.143. The van der Waals surface area contributed by atoms with E-state index in [9.17, 15) is 40.3 Å². The largest absolute Gasteiger partial charge is 0.416 e. The highest BCUT2D eigenvalue weighted by Gasteiger charge is 2.39. The van der Waals surface area contributed by atoms with E-state index in [2.05, 4.69) is 0 Å². The van der Waals surface area contributed by atoms with Gasteiger partial charge in [0.05, 0.1) is 17.2 Å². The molecular formula is C26H28F7N3O2. The first-order valence-corrected chi connectivity index (χ1v) is 11.8. The number of hydrogen-bond donors (Lipinski definition) is 0. The van der Waals surface area contributed by atoms with Gasteiger partial charge in [-0.25, -0.2) is 9.18 Å². The molecule has 1 aliphatic rings. The molecule has 3 amide bonds. The third-order valence-corrected chi connectivity index (χ3v) is 6.85. The molecule has 0 saturated carbocycles. The minimum absolute atomic E-state index is 0.0367. The highest BCUT2D eigenvalue weighted by Crippen LogP contribution is 2.38. The van der Waals surface area contributed by atoms with Crippen molar-refractivity contribution in [3.05, 3.63) is 70.0 Å². The fourth-order valence-electron chi connectivity index (χ4n) is 4.76. The maximum Gasteiger partial charge on any atom is 0.416 e. The number of alkyl halides is 6. The molecule has 2 aromatic carbocycles. The summed E-state index contributed by atoms with van der Waals surface area (Å²) in [5, 5.41) is 0. The van der Waals surface area contributed by atoms with Crippen molar-refractivity contribution in [2.24, 2.45) is 0 Å². The van der Waals surface area contributed by atoms with Gasteiger partial charge in [0.2, 0.25) is 5.91 Å². The number of aryl methyl sites for hydroxylation is 1. The molecule has 0 aliphatic carbocycles. The molecule has 5 nitrogen and oxygen atoms in total. The number of carbonyl (C=O) groups excluding carboxylic acids is 2. The Morgan fingerprint density at radius 1 is 0.974 bits per heavy atom. The lowest BCUT2D eigenvalue weighted by atomic mass is 9.89. The van der Waals surface area contributed by atoms with Gasteiger partial charge in [-0.15, -0.1) is 0 Å². The minimum Gasteiger partial charge on any atom is -0.343 e. The van der Waals surface area contributed by atoms with E-state index in [1.54, 1.807) is 18.9 Å². The molecule has 38 heavy (non-hydrogen) atoms. The molecule has 3 rings (SSSR count). The van der Waals surface area contributed by atoms with Gasteiger partial charge in [-0.2, -0.15) is 26.3 Å². The van der Waals surface area contributed by atoms with Crippen molar-refractivity contribution in [3.63, 3.8) is 0 Å². The summed E-state index contributed by atoms with van der Waals surface area (Å²) in [7, 11) is 2.93. The Labute approximate surface area is 215 Å². The van der Waals surface area contributed by atoms with E-state index in [0.717, 1.165) is 4.90 Å². The van der Waals surface area contributed by atoms with Gasteiger partial charge in [-0.1, -0.05) is 6.07 Å². The fraction of sp³-hybridized carbons (Fsp3) is 0.462. The van der Waals surface area contributed by atoms with Crippen molar-refractivity contribution < 1.29 is 40.3 Å². The highest BCUT2D eigenvalue weighted by atomic mass is 19.4. The van der Waals surface area contributed by atoms with Gasteiger partial charge < -0.3 is 14.7 Å². The second-order valence-electron chi connectivity index (χ2n) is 9.57. The molecule has 2 aromatic rings. The van der Waals surface area contributed by atoms with Gasteiger partial charge in [0.1, 0.15) is 5.82 Å². The average Bonchev–Trinajstić information content (AvgIpc) is 2.81. The van der Waals surface area contributed by atoms with Crippen LogP contribution in [0.5, 0.6) is 0 Å². The van der Waals surface area contributed by atoms with Crippen LogP contribution in [0.2, 0.25) is 0 Å². The summed E-state index contributed by atoms with van der Waals surface area (Å²) < 4.78 is 93.4. The molecule has 0 aromatic heterocycles. The monoisotopic (exact) mass is 547 g/mol. The molecule has 1 fully saturated rings. The molecule has 12 heteroatoms. The Morgan fingerprint density at radius 2 is 1.55 bits per heavy atom. The van der Waals surface area contributed by atoms with E-state index in [4.69, 9.17) is 0 Å². The van der Waals surface area contributed by atoms with E-state index in [1.807, 2.05) is 0 Å². The number of piperidine rings is 1. The van der Waals surface area contributed by atoms with Crippen LogP contribution in [-0.2, 0) is 23.7 Å². The van der Waals surface area contributed by atoms with Crippen molar-refractivity contribution in [2.45, 2.75) is 57.7 Å². The Kier molecular flexibility index (Phi) is 8.33. The SMILES string of the molecule is CC(=O)N(C)[C@H]1CCN(C(=O)N(C)Cc2cc(C(F)(F)F)cc(C(F)(F)F)c2)[C@@H](c2ccc(F)cc2C)C1. The van der Waals surface area contributed by atoms with Crippen molar-refractivity contribution in [1.29, 1.82) is 0 Å². The third-order valence-electron chi connectivity index (χ3n) is 6.85. The summed E-state index contributed by atoms with van der Waals surface area (Å²) in [5.74, 6) is -0.647. The quantitative estimate of drug-likeness (QED) is 0.416. The van der Waals surface area contributed by atoms with Crippen molar-refractivity contribution in [2.75, 3.05) is 20.6 Å². The smallest absolute Gasteiger partial charge is 0.343 e. The standard InChI is InChI=1S/C26H28F7N3O2/c1-15-9-20(27)5-6-22(15)23-13-21(35(4)16(2)37)7-8-36(23)24(38)34(3)14-17-10-18(25(28,29)30)12-19(11-17)26(31,32)33/h5-6,9-12,21,23H,7-8,13-14H2,1-4H3/t21-,23+/m0/s1. The average molecular weight is 548 g/mol. The maximum absolute atomic E-state index is 13.8. The summed E-state index contributed by atoms with van der Waals surface area (Å²) >= 11 is 0. The first-order valence-electron chi connectivity index (χ1n) is 11.8. The van der Waals surface area contributed by atoms with Gasteiger partial charge in [0.25, 0.3) is 0 Å². The summed E-state index contributed by atoms with van der Waals surface area (Å²) in [6.07, 6.45) is -9.28. The van der Waals surface area contributed by atoms with Crippen LogP contribution in [-0.4, -0.2) is 53.3 Å². The van der Waals surface area contributed by atoms with Crippen LogP contribution in [0.1, 0.15) is 53.6 Å². The van der Waals surface area contributed by atoms with Gasteiger partial charge in [-0.05, 0) is 66.8 Å². The first kappa shape index (κ1) is 29.2.